The Morgan fingerprint density at radius 1 is 1.39 bits per heavy atom. The van der Waals surface area contributed by atoms with E-state index in [0.29, 0.717) is 28.4 Å². The van der Waals surface area contributed by atoms with Crippen molar-refractivity contribution in [1.29, 1.82) is 0 Å². The highest BCUT2D eigenvalue weighted by atomic mass is 79.9. The Morgan fingerprint density at radius 2 is 2.17 bits per heavy atom. The van der Waals surface area contributed by atoms with Crippen molar-refractivity contribution in [3.8, 4) is 5.75 Å². The van der Waals surface area contributed by atoms with Crippen LogP contribution in [0.15, 0.2) is 23.1 Å². The van der Waals surface area contributed by atoms with Crippen molar-refractivity contribution < 1.29 is 9.13 Å². The maximum atomic E-state index is 12.9. The first-order valence-corrected chi connectivity index (χ1v) is 7.66. The molecule has 3 aromatic heterocycles. The van der Waals surface area contributed by atoms with Crippen LogP contribution in [0.4, 0.5) is 10.2 Å². The smallest absolute Gasteiger partial charge is 0.254 e. The molecule has 0 aliphatic heterocycles. The monoisotopic (exact) mass is 380 g/mol. The van der Waals surface area contributed by atoms with Gasteiger partial charge in [-0.2, -0.15) is 14.6 Å². The van der Waals surface area contributed by atoms with E-state index in [1.165, 1.54) is 17.8 Å². The van der Waals surface area contributed by atoms with Crippen molar-refractivity contribution >= 4 is 27.5 Å². The summed E-state index contributed by atoms with van der Waals surface area (Å²) in [5.74, 6) is 1.28. The lowest BCUT2D eigenvalue weighted by molar-refractivity contribution is 0.0846. The molecule has 3 heterocycles. The summed E-state index contributed by atoms with van der Waals surface area (Å²) in [5.41, 5.74) is 8.47. The number of ether oxygens (including phenoxy) is 1. The number of hydrogen-bond acceptors (Lipinski definition) is 6. The van der Waals surface area contributed by atoms with Crippen LogP contribution in [0.3, 0.4) is 0 Å². The van der Waals surface area contributed by atoms with E-state index in [4.69, 9.17) is 10.5 Å². The molecular formula is C14H14BrFN6O. The summed E-state index contributed by atoms with van der Waals surface area (Å²) < 4.78 is 19.9. The number of anilines is 1. The van der Waals surface area contributed by atoms with Crippen LogP contribution in [0, 0.1) is 6.92 Å². The SMILES string of the molecule is Cc1nc2ncnn2c(N)c1Cc1ccc(OC(C)F)c(Br)n1. The number of nitrogens with two attached hydrogens (primary N) is 1. The summed E-state index contributed by atoms with van der Waals surface area (Å²) in [7, 11) is 0. The zero-order valence-corrected chi connectivity index (χ0v) is 14.1. The van der Waals surface area contributed by atoms with Crippen LogP contribution in [-0.2, 0) is 6.42 Å². The molecule has 0 saturated carbocycles. The van der Waals surface area contributed by atoms with Gasteiger partial charge in [0.2, 0.25) is 6.36 Å². The van der Waals surface area contributed by atoms with Gasteiger partial charge in [0.15, 0.2) is 5.75 Å². The average molecular weight is 381 g/mol. The second-order valence-corrected chi connectivity index (χ2v) is 5.71. The number of nitrogen functional groups attached to an aromatic ring is 1. The normalized spacial score (nSPS) is 12.5. The summed E-state index contributed by atoms with van der Waals surface area (Å²) in [6.45, 7) is 3.17. The largest absolute Gasteiger partial charge is 0.458 e. The van der Waals surface area contributed by atoms with Crippen molar-refractivity contribution in [2.24, 2.45) is 0 Å². The zero-order chi connectivity index (χ0) is 16.6. The number of rotatable bonds is 4. The van der Waals surface area contributed by atoms with Crippen LogP contribution >= 0.6 is 15.9 Å². The van der Waals surface area contributed by atoms with Gasteiger partial charge in [-0.25, -0.2) is 14.4 Å². The molecule has 3 rings (SSSR count). The summed E-state index contributed by atoms with van der Waals surface area (Å²) in [5, 5.41) is 4.05. The number of aromatic nitrogens is 5. The van der Waals surface area contributed by atoms with E-state index in [1.807, 2.05) is 6.92 Å². The third-order valence-corrected chi connectivity index (χ3v) is 3.86. The molecule has 9 heteroatoms. The van der Waals surface area contributed by atoms with Crippen LogP contribution in [-0.4, -0.2) is 30.9 Å². The Bertz CT molecular complexity index is 866. The lowest BCUT2D eigenvalue weighted by Gasteiger charge is -2.12. The van der Waals surface area contributed by atoms with Gasteiger partial charge in [0.1, 0.15) is 16.7 Å². The summed E-state index contributed by atoms with van der Waals surface area (Å²) in [6.07, 6.45) is 0.460. The van der Waals surface area contributed by atoms with Gasteiger partial charge < -0.3 is 10.5 Å². The van der Waals surface area contributed by atoms with Gasteiger partial charge in [-0.05, 0) is 35.0 Å². The minimum absolute atomic E-state index is 0.346. The van der Waals surface area contributed by atoms with Crippen LogP contribution in [0.1, 0.15) is 23.9 Å². The number of hydrogen-bond donors (Lipinski definition) is 1. The maximum Gasteiger partial charge on any atom is 0.254 e. The van der Waals surface area contributed by atoms with Crippen molar-refractivity contribution in [2.45, 2.75) is 26.6 Å². The van der Waals surface area contributed by atoms with Crippen molar-refractivity contribution in [3.05, 3.63) is 40.0 Å². The molecule has 23 heavy (non-hydrogen) atoms. The highest BCUT2D eigenvalue weighted by molar-refractivity contribution is 9.10. The number of alkyl halides is 1. The highest BCUT2D eigenvalue weighted by Gasteiger charge is 2.14. The number of nitrogens with zero attached hydrogens (tertiary/aromatic N) is 5. The van der Waals surface area contributed by atoms with E-state index < -0.39 is 6.36 Å². The predicted molar refractivity (Wildman–Crippen MR) is 85.9 cm³/mol. The topological polar surface area (TPSA) is 91.2 Å². The van der Waals surface area contributed by atoms with E-state index in [2.05, 4.69) is 36.0 Å². The average Bonchev–Trinajstić information content (AvgIpc) is 2.94. The lowest BCUT2D eigenvalue weighted by atomic mass is 10.1. The van der Waals surface area contributed by atoms with E-state index in [9.17, 15) is 4.39 Å². The molecule has 120 valence electrons. The van der Waals surface area contributed by atoms with Crippen molar-refractivity contribution in [1.82, 2.24) is 24.6 Å². The number of pyridine rings is 1. The number of aryl methyl sites for hydroxylation is 1. The molecule has 1 atom stereocenters. The molecule has 0 spiro atoms. The minimum Gasteiger partial charge on any atom is -0.458 e. The first-order valence-electron chi connectivity index (χ1n) is 6.86. The minimum atomic E-state index is -1.41. The molecular weight excluding hydrogens is 367 g/mol. The van der Waals surface area contributed by atoms with E-state index >= 15 is 0 Å². The number of halogens is 2. The molecule has 0 bridgehead atoms. The Hall–Kier alpha value is -2.29. The van der Waals surface area contributed by atoms with Gasteiger partial charge >= 0.3 is 0 Å². The van der Waals surface area contributed by atoms with Crippen molar-refractivity contribution in [2.75, 3.05) is 5.73 Å². The molecule has 7 nitrogen and oxygen atoms in total. The fraction of sp³-hybridized carbons (Fsp3) is 0.286. The van der Waals surface area contributed by atoms with Crippen LogP contribution in [0.25, 0.3) is 5.78 Å². The van der Waals surface area contributed by atoms with Crippen molar-refractivity contribution in [3.63, 3.8) is 0 Å². The Morgan fingerprint density at radius 3 is 2.87 bits per heavy atom. The van der Waals surface area contributed by atoms with Crippen LogP contribution < -0.4 is 10.5 Å². The maximum absolute atomic E-state index is 12.9. The van der Waals surface area contributed by atoms with Gasteiger partial charge in [0, 0.05) is 30.3 Å². The molecule has 2 N–H and O–H groups in total. The summed E-state index contributed by atoms with van der Waals surface area (Å²) >= 11 is 3.28. The fourth-order valence-electron chi connectivity index (χ4n) is 2.23. The first kappa shape index (κ1) is 15.6. The first-order chi connectivity index (χ1) is 11.0. The molecule has 0 aromatic carbocycles. The molecule has 0 radical (unpaired) electrons. The van der Waals surface area contributed by atoms with E-state index in [-0.39, 0.29) is 0 Å². The summed E-state index contributed by atoms with van der Waals surface area (Å²) in [4.78, 5) is 12.8. The fourth-order valence-corrected chi connectivity index (χ4v) is 2.69. The second kappa shape index (κ2) is 6.07. The molecule has 0 saturated heterocycles. The molecule has 1 unspecified atom stereocenters. The van der Waals surface area contributed by atoms with Gasteiger partial charge in [-0.1, -0.05) is 0 Å². The molecule has 0 fully saturated rings. The molecule has 0 amide bonds. The predicted octanol–water partition coefficient (Wildman–Crippen LogP) is 2.46. The Labute approximate surface area is 139 Å². The molecule has 3 aromatic rings. The van der Waals surface area contributed by atoms with Gasteiger partial charge in [0.25, 0.3) is 5.78 Å². The van der Waals surface area contributed by atoms with Crippen LogP contribution in [0.2, 0.25) is 0 Å². The van der Waals surface area contributed by atoms with Gasteiger partial charge in [0.05, 0.1) is 0 Å². The molecule has 0 aliphatic rings. The van der Waals surface area contributed by atoms with Gasteiger partial charge in [-0.15, -0.1) is 0 Å². The third kappa shape index (κ3) is 3.09. The van der Waals surface area contributed by atoms with E-state index in [1.54, 1.807) is 12.1 Å². The highest BCUT2D eigenvalue weighted by Crippen LogP contribution is 2.26. The summed E-state index contributed by atoms with van der Waals surface area (Å²) in [6, 6.07) is 3.42. The second-order valence-electron chi connectivity index (χ2n) is 4.96. The van der Waals surface area contributed by atoms with Crippen LogP contribution in [0.5, 0.6) is 5.75 Å². The zero-order valence-electron chi connectivity index (χ0n) is 12.5. The van der Waals surface area contributed by atoms with Gasteiger partial charge in [-0.3, -0.25) is 0 Å². The Kier molecular flexibility index (Phi) is 4.12. The standard InChI is InChI=1S/C14H14BrFN6O/c1-7-10(13(17)22-14(20-7)18-6-19-22)5-9-3-4-11(12(15)21-9)23-8(2)16/h3-4,6,8H,5,17H2,1-2H3. The lowest BCUT2D eigenvalue weighted by Crippen LogP contribution is -2.10. The Balaban J connectivity index is 1.94. The third-order valence-electron chi connectivity index (χ3n) is 3.29. The molecule has 0 aliphatic carbocycles. The quantitative estimate of drug-likeness (QED) is 0.699. The number of fused-ring (bicyclic) bond motifs is 1. The van der Waals surface area contributed by atoms with E-state index in [0.717, 1.165) is 17.0 Å².